The second-order valence-electron chi connectivity index (χ2n) is 4.36. The van der Waals surface area contributed by atoms with Crippen LogP contribution in [0.25, 0.3) is 10.8 Å². The molecule has 0 N–H and O–H groups in total. The van der Waals surface area contributed by atoms with E-state index in [1.165, 1.54) is 0 Å². The minimum Gasteiger partial charge on any atom is -0.463 e. The van der Waals surface area contributed by atoms with Gasteiger partial charge in [-0.2, -0.15) is 0 Å². The fourth-order valence-corrected chi connectivity index (χ4v) is 2.76. The van der Waals surface area contributed by atoms with Gasteiger partial charge in [0.25, 0.3) is 0 Å². The van der Waals surface area contributed by atoms with Gasteiger partial charge in [-0.05, 0) is 13.0 Å². The topological polar surface area (TPSA) is 91.3 Å². The van der Waals surface area contributed by atoms with Crippen LogP contribution in [0.4, 0.5) is 0 Å². The van der Waals surface area contributed by atoms with Crippen LogP contribution < -0.4 is 0 Å². The van der Waals surface area contributed by atoms with Crippen molar-refractivity contribution in [3.05, 3.63) is 29.0 Å². The quantitative estimate of drug-likeness (QED) is 0.791. The maximum atomic E-state index is 12.1. The van der Waals surface area contributed by atoms with E-state index in [0.717, 1.165) is 11.3 Å². The molecule has 8 heteroatoms. The molecule has 0 amide bonds. The molecule has 108 valence electrons. The van der Waals surface area contributed by atoms with Gasteiger partial charge < -0.3 is 9.47 Å². The SMILES string of the molecule is Cc1nc(-c2ncccn2)sc1C(=O)O[C@@H]1CCOC1=O. The monoisotopic (exact) mass is 305 g/mol. The molecule has 0 spiro atoms. The van der Waals surface area contributed by atoms with E-state index in [2.05, 4.69) is 15.0 Å². The molecule has 1 aliphatic rings. The summed E-state index contributed by atoms with van der Waals surface area (Å²) in [6.45, 7) is 1.98. The zero-order valence-electron chi connectivity index (χ0n) is 11.1. The predicted molar refractivity (Wildman–Crippen MR) is 72.7 cm³/mol. The Balaban J connectivity index is 1.81. The first-order chi connectivity index (χ1) is 10.1. The van der Waals surface area contributed by atoms with Gasteiger partial charge in [0.1, 0.15) is 4.88 Å². The third-order valence-corrected chi connectivity index (χ3v) is 4.01. The summed E-state index contributed by atoms with van der Waals surface area (Å²) < 4.78 is 9.91. The van der Waals surface area contributed by atoms with Crippen LogP contribution in [-0.4, -0.2) is 39.6 Å². The molecule has 21 heavy (non-hydrogen) atoms. The first-order valence-corrected chi connectivity index (χ1v) is 7.09. The number of hydrogen-bond donors (Lipinski definition) is 0. The molecule has 1 atom stereocenters. The number of cyclic esters (lactones) is 1. The molecule has 7 nitrogen and oxygen atoms in total. The molecule has 0 aromatic carbocycles. The molecule has 2 aromatic heterocycles. The van der Waals surface area contributed by atoms with E-state index in [1.54, 1.807) is 25.4 Å². The lowest BCUT2D eigenvalue weighted by atomic mass is 10.3. The molecule has 1 fully saturated rings. The lowest BCUT2D eigenvalue weighted by molar-refractivity contribution is -0.145. The van der Waals surface area contributed by atoms with Crippen LogP contribution in [0.3, 0.4) is 0 Å². The van der Waals surface area contributed by atoms with Crippen molar-refractivity contribution in [2.75, 3.05) is 6.61 Å². The highest BCUT2D eigenvalue weighted by Crippen LogP contribution is 2.26. The molecule has 0 unspecified atom stereocenters. The highest BCUT2D eigenvalue weighted by atomic mass is 32.1. The Hall–Kier alpha value is -2.35. The van der Waals surface area contributed by atoms with Crippen LogP contribution >= 0.6 is 11.3 Å². The summed E-state index contributed by atoms with van der Waals surface area (Å²) in [4.78, 5) is 36.2. The van der Waals surface area contributed by atoms with Crippen LogP contribution in [-0.2, 0) is 14.3 Å². The zero-order chi connectivity index (χ0) is 14.8. The summed E-state index contributed by atoms with van der Waals surface area (Å²) in [7, 11) is 0. The molecular weight excluding hydrogens is 294 g/mol. The Labute approximate surface area is 124 Å². The largest absolute Gasteiger partial charge is 0.463 e. The number of rotatable bonds is 3. The Morgan fingerprint density at radius 3 is 2.86 bits per heavy atom. The van der Waals surface area contributed by atoms with Crippen molar-refractivity contribution in [1.82, 2.24) is 15.0 Å². The summed E-state index contributed by atoms with van der Waals surface area (Å²) in [6.07, 6.45) is 2.77. The lowest BCUT2D eigenvalue weighted by Gasteiger charge is -2.06. The molecule has 0 radical (unpaired) electrons. The summed E-state index contributed by atoms with van der Waals surface area (Å²) in [5, 5.41) is 0.536. The molecule has 0 saturated carbocycles. The second kappa shape index (κ2) is 5.57. The normalized spacial score (nSPS) is 17.6. The van der Waals surface area contributed by atoms with Gasteiger partial charge in [-0.3, -0.25) is 0 Å². The number of aromatic nitrogens is 3. The van der Waals surface area contributed by atoms with E-state index in [4.69, 9.17) is 9.47 Å². The molecule has 0 bridgehead atoms. The first kappa shape index (κ1) is 13.6. The number of aryl methyl sites for hydroxylation is 1. The van der Waals surface area contributed by atoms with Crippen LogP contribution in [0, 0.1) is 6.92 Å². The van der Waals surface area contributed by atoms with E-state index >= 15 is 0 Å². The van der Waals surface area contributed by atoms with Gasteiger partial charge >= 0.3 is 11.9 Å². The number of hydrogen-bond acceptors (Lipinski definition) is 8. The van der Waals surface area contributed by atoms with Gasteiger partial charge in [-0.1, -0.05) is 0 Å². The fraction of sp³-hybridized carbons (Fsp3) is 0.308. The molecule has 3 rings (SSSR count). The third kappa shape index (κ3) is 2.75. The molecular formula is C13H11N3O4S. The summed E-state index contributed by atoms with van der Waals surface area (Å²) >= 11 is 1.14. The van der Waals surface area contributed by atoms with Gasteiger partial charge in [-0.15, -0.1) is 11.3 Å². The van der Waals surface area contributed by atoms with Crippen LogP contribution in [0.1, 0.15) is 21.8 Å². The number of nitrogens with zero attached hydrogens (tertiary/aromatic N) is 3. The summed E-state index contributed by atoms with van der Waals surface area (Å²) in [5.74, 6) is -0.627. The van der Waals surface area contributed by atoms with E-state index in [1.807, 2.05) is 0 Å². The van der Waals surface area contributed by atoms with Crippen molar-refractivity contribution in [3.63, 3.8) is 0 Å². The summed E-state index contributed by atoms with van der Waals surface area (Å²) in [5.41, 5.74) is 0.527. The van der Waals surface area contributed by atoms with Crippen LogP contribution in [0.2, 0.25) is 0 Å². The third-order valence-electron chi connectivity index (χ3n) is 2.88. The Morgan fingerprint density at radius 2 is 2.19 bits per heavy atom. The van der Waals surface area contributed by atoms with Gasteiger partial charge in [0, 0.05) is 18.8 Å². The molecule has 2 aromatic rings. The highest BCUT2D eigenvalue weighted by Gasteiger charge is 2.31. The maximum absolute atomic E-state index is 12.1. The van der Waals surface area contributed by atoms with Crippen molar-refractivity contribution in [2.24, 2.45) is 0 Å². The van der Waals surface area contributed by atoms with Crippen molar-refractivity contribution >= 4 is 23.3 Å². The highest BCUT2D eigenvalue weighted by molar-refractivity contribution is 7.16. The van der Waals surface area contributed by atoms with E-state index < -0.39 is 18.0 Å². The Morgan fingerprint density at radius 1 is 1.43 bits per heavy atom. The number of esters is 2. The van der Waals surface area contributed by atoms with Crippen molar-refractivity contribution in [1.29, 1.82) is 0 Å². The van der Waals surface area contributed by atoms with Gasteiger partial charge in [0.2, 0.25) is 6.10 Å². The number of carbonyl (C=O) groups is 2. The number of ether oxygens (including phenoxy) is 2. The van der Waals surface area contributed by atoms with Gasteiger partial charge in [0.05, 0.1) is 12.3 Å². The van der Waals surface area contributed by atoms with Crippen LogP contribution in [0.15, 0.2) is 18.5 Å². The van der Waals surface area contributed by atoms with E-state index in [9.17, 15) is 9.59 Å². The fourth-order valence-electron chi connectivity index (χ4n) is 1.86. The molecule has 0 aliphatic carbocycles. The molecule has 3 heterocycles. The maximum Gasteiger partial charge on any atom is 0.351 e. The average Bonchev–Trinajstić information content (AvgIpc) is 3.06. The lowest BCUT2D eigenvalue weighted by Crippen LogP contribution is -2.22. The Bertz CT molecular complexity index is 686. The van der Waals surface area contributed by atoms with Crippen molar-refractivity contribution in [2.45, 2.75) is 19.4 Å². The zero-order valence-corrected chi connectivity index (χ0v) is 11.9. The average molecular weight is 305 g/mol. The van der Waals surface area contributed by atoms with Crippen LogP contribution in [0.5, 0.6) is 0 Å². The van der Waals surface area contributed by atoms with Gasteiger partial charge in [-0.25, -0.2) is 24.5 Å². The minimum atomic E-state index is -0.824. The smallest absolute Gasteiger partial charge is 0.351 e. The first-order valence-electron chi connectivity index (χ1n) is 6.27. The summed E-state index contributed by atoms with van der Waals surface area (Å²) in [6, 6.07) is 1.70. The number of thiazole rings is 1. The number of carbonyl (C=O) groups excluding carboxylic acids is 2. The Kier molecular flexibility index (Phi) is 3.61. The van der Waals surface area contributed by atoms with Gasteiger partial charge in [0.15, 0.2) is 10.8 Å². The standard InChI is InChI=1S/C13H11N3O4S/c1-7-9(13(18)20-8-3-6-19-12(8)17)21-11(16-7)10-14-4-2-5-15-10/h2,4-5,8H,3,6H2,1H3/t8-/m1/s1. The van der Waals surface area contributed by atoms with E-state index in [-0.39, 0.29) is 6.61 Å². The second-order valence-corrected chi connectivity index (χ2v) is 5.36. The van der Waals surface area contributed by atoms with Crippen molar-refractivity contribution in [3.8, 4) is 10.8 Å². The predicted octanol–water partition coefficient (Wildman–Crippen LogP) is 1.38. The minimum absolute atomic E-state index is 0.279. The van der Waals surface area contributed by atoms with Crippen molar-refractivity contribution < 1.29 is 19.1 Å². The van der Waals surface area contributed by atoms with E-state index in [0.29, 0.717) is 27.8 Å². The molecule has 1 saturated heterocycles. The molecule has 1 aliphatic heterocycles.